The van der Waals surface area contributed by atoms with Gasteiger partial charge in [0.15, 0.2) is 0 Å². The van der Waals surface area contributed by atoms with Crippen LogP contribution in [0.15, 0.2) is 24.3 Å². The number of amides is 2. The molecule has 1 N–H and O–H groups in total. The Morgan fingerprint density at radius 1 is 1.43 bits per heavy atom. The molecule has 0 atom stereocenters. The Labute approximate surface area is 122 Å². The maximum atomic E-state index is 11.9. The zero-order chi connectivity index (χ0) is 15.5. The standard InChI is InChI=1S/C13H16N2O5S/c1-20-7-6-14-13(17)10-3-2-4-11(9-10)15-12(16)5-8-21(15,18)19/h2-4,9H,5-8H2,1H3,(H,14,17). The molecule has 1 saturated heterocycles. The van der Waals surface area contributed by atoms with E-state index in [0.717, 1.165) is 4.31 Å². The lowest BCUT2D eigenvalue weighted by molar-refractivity contribution is -0.116. The number of sulfonamides is 1. The summed E-state index contributed by atoms with van der Waals surface area (Å²) in [4.78, 5) is 23.6. The summed E-state index contributed by atoms with van der Waals surface area (Å²) in [5, 5.41) is 2.63. The van der Waals surface area contributed by atoms with Gasteiger partial charge in [-0.15, -0.1) is 0 Å². The molecule has 0 unspecified atom stereocenters. The first-order chi connectivity index (χ1) is 9.95. The van der Waals surface area contributed by atoms with Gasteiger partial charge < -0.3 is 10.1 Å². The molecule has 21 heavy (non-hydrogen) atoms. The van der Waals surface area contributed by atoms with E-state index in [-0.39, 0.29) is 23.8 Å². The second-order valence-electron chi connectivity index (χ2n) is 4.52. The zero-order valence-electron chi connectivity index (χ0n) is 11.5. The van der Waals surface area contributed by atoms with E-state index in [0.29, 0.717) is 18.7 Å². The smallest absolute Gasteiger partial charge is 0.251 e. The minimum absolute atomic E-state index is 0.0351. The molecule has 0 radical (unpaired) electrons. The maximum Gasteiger partial charge on any atom is 0.251 e. The van der Waals surface area contributed by atoms with Crippen molar-refractivity contribution in [1.82, 2.24) is 5.32 Å². The van der Waals surface area contributed by atoms with Gasteiger partial charge in [-0.05, 0) is 18.2 Å². The molecule has 8 heteroatoms. The van der Waals surface area contributed by atoms with E-state index in [1.165, 1.54) is 19.2 Å². The van der Waals surface area contributed by atoms with Gasteiger partial charge in [0.25, 0.3) is 5.91 Å². The number of benzene rings is 1. The lowest BCUT2D eigenvalue weighted by Gasteiger charge is -2.15. The Morgan fingerprint density at radius 2 is 2.19 bits per heavy atom. The molecule has 0 aromatic heterocycles. The summed E-state index contributed by atoms with van der Waals surface area (Å²) in [5.74, 6) is -1.03. The van der Waals surface area contributed by atoms with Crippen molar-refractivity contribution in [3.05, 3.63) is 29.8 Å². The van der Waals surface area contributed by atoms with Crippen LogP contribution in [0.3, 0.4) is 0 Å². The van der Waals surface area contributed by atoms with E-state index in [1.54, 1.807) is 12.1 Å². The summed E-state index contributed by atoms with van der Waals surface area (Å²) in [6.45, 7) is 0.727. The molecular weight excluding hydrogens is 296 g/mol. The van der Waals surface area contributed by atoms with Crippen LogP contribution in [0.4, 0.5) is 5.69 Å². The van der Waals surface area contributed by atoms with Gasteiger partial charge in [0, 0.05) is 25.6 Å². The highest BCUT2D eigenvalue weighted by Gasteiger charge is 2.36. The molecule has 7 nitrogen and oxygen atoms in total. The summed E-state index contributed by atoms with van der Waals surface area (Å²) >= 11 is 0. The molecule has 1 aromatic rings. The van der Waals surface area contributed by atoms with Crippen LogP contribution in [0.25, 0.3) is 0 Å². The Bertz CT molecular complexity index is 656. The van der Waals surface area contributed by atoms with Gasteiger partial charge in [0.05, 0.1) is 18.0 Å². The highest BCUT2D eigenvalue weighted by molar-refractivity contribution is 7.94. The van der Waals surface area contributed by atoms with Crippen LogP contribution in [0.1, 0.15) is 16.8 Å². The largest absolute Gasteiger partial charge is 0.383 e. The Kier molecular flexibility index (Phi) is 4.59. The molecule has 1 aliphatic rings. The molecule has 0 bridgehead atoms. The molecule has 1 heterocycles. The van der Waals surface area contributed by atoms with Gasteiger partial charge in [-0.25, -0.2) is 12.7 Å². The van der Waals surface area contributed by atoms with Gasteiger partial charge in [0.1, 0.15) is 0 Å². The van der Waals surface area contributed by atoms with Gasteiger partial charge in [0.2, 0.25) is 15.9 Å². The van der Waals surface area contributed by atoms with E-state index < -0.39 is 15.9 Å². The Balaban J connectivity index is 2.22. The second kappa shape index (κ2) is 6.23. The number of ether oxygens (including phenoxy) is 1. The number of hydrogen-bond donors (Lipinski definition) is 1. The third kappa shape index (κ3) is 3.40. The monoisotopic (exact) mass is 312 g/mol. The van der Waals surface area contributed by atoms with Gasteiger partial charge in [-0.1, -0.05) is 6.07 Å². The van der Waals surface area contributed by atoms with E-state index in [9.17, 15) is 18.0 Å². The predicted molar refractivity (Wildman–Crippen MR) is 76.5 cm³/mol. The quantitative estimate of drug-likeness (QED) is 0.780. The first-order valence-corrected chi connectivity index (χ1v) is 7.99. The van der Waals surface area contributed by atoms with Crippen molar-refractivity contribution in [2.24, 2.45) is 0 Å². The molecule has 1 aromatic carbocycles. The maximum absolute atomic E-state index is 11.9. The highest BCUT2D eigenvalue weighted by atomic mass is 32.2. The Hall–Kier alpha value is -1.93. The molecule has 1 aliphatic heterocycles. The Morgan fingerprint density at radius 3 is 2.81 bits per heavy atom. The second-order valence-corrected chi connectivity index (χ2v) is 6.46. The molecule has 0 saturated carbocycles. The lowest BCUT2D eigenvalue weighted by Crippen LogP contribution is -2.30. The fourth-order valence-electron chi connectivity index (χ4n) is 2.01. The van der Waals surface area contributed by atoms with Crippen LogP contribution in [-0.2, 0) is 19.6 Å². The number of hydrogen-bond acceptors (Lipinski definition) is 5. The van der Waals surface area contributed by atoms with Crippen LogP contribution in [-0.4, -0.2) is 46.2 Å². The van der Waals surface area contributed by atoms with Crippen molar-refractivity contribution in [3.8, 4) is 0 Å². The summed E-state index contributed by atoms with van der Waals surface area (Å²) < 4.78 is 29.3. The number of nitrogens with zero attached hydrogens (tertiary/aromatic N) is 1. The third-order valence-electron chi connectivity index (χ3n) is 3.01. The zero-order valence-corrected chi connectivity index (χ0v) is 12.4. The van der Waals surface area contributed by atoms with Crippen molar-refractivity contribution in [1.29, 1.82) is 0 Å². The normalized spacial score (nSPS) is 17.0. The van der Waals surface area contributed by atoms with Crippen molar-refractivity contribution in [2.75, 3.05) is 30.3 Å². The van der Waals surface area contributed by atoms with Crippen molar-refractivity contribution in [2.45, 2.75) is 6.42 Å². The first-order valence-electron chi connectivity index (χ1n) is 6.39. The van der Waals surface area contributed by atoms with Gasteiger partial charge >= 0.3 is 0 Å². The fraction of sp³-hybridized carbons (Fsp3) is 0.385. The minimum Gasteiger partial charge on any atom is -0.383 e. The molecule has 0 aliphatic carbocycles. The average molecular weight is 312 g/mol. The van der Waals surface area contributed by atoms with E-state index in [1.807, 2.05) is 0 Å². The molecule has 2 amide bonds. The van der Waals surface area contributed by atoms with E-state index in [2.05, 4.69) is 5.32 Å². The molecule has 114 valence electrons. The number of anilines is 1. The highest BCUT2D eigenvalue weighted by Crippen LogP contribution is 2.25. The van der Waals surface area contributed by atoms with E-state index in [4.69, 9.17) is 4.74 Å². The summed E-state index contributed by atoms with van der Waals surface area (Å²) in [5.41, 5.74) is 0.482. The number of methoxy groups -OCH3 is 1. The van der Waals surface area contributed by atoms with Crippen LogP contribution < -0.4 is 9.62 Å². The van der Waals surface area contributed by atoms with Crippen LogP contribution in [0.2, 0.25) is 0 Å². The van der Waals surface area contributed by atoms with Gasteiger partial charge in [-0.2, -0.15) is 0 Å². The summed E-state index contributed by atoms with van der Waals surface area (Å²) in [6.07, 6.45) is -0.0351. The number of nitrogens with one attached hydrogen (secondary N) is 1. The van der Waals surface area contributed by atoms with Crippen molar-refractivity contribution >= 4 is 27.5 Å². The van der Waals surface area contributed by atoms with Crippen molar-refractivity contribution in [3.63, 3.8) is 0 Å². The van der Waals surface area contributed by atoms with Crippen LogP contribution in [0.5, 0.6) is 0 Å². The third-order valence-corrected chi connectivity index (χ3v) is 4.70. The average Bonchev–Trinajstić information content (AvgIpc) is 2.73. The molecule has 1 fully saturated rings. The summed E-state index contributed by atoms with van der Waals surface area (Å²) in [7, 11) is -2.10. The predicted octanol–water partition coefficient (Wildman–Crippen LogP) is 0.129. The first kappa shape index (κ1) is 15.5. The lowest BCUT2D eigenvalue weighted by atomic mass is 10.2. The minimum atomic E-state index is -3.62. The van der Waals surface area contributed by atoms with Crippen LogP contribution in [0, 0.1) is 0 Å². The fourth-order valence-corrected chi connectivity index (χ4v) is 3.46. The number of carbonyl (C=O) groups is 2. The SMILES string of the molecule is COCCNC(=O)c1cccc(N2C(=O)CCS2(=O)=O)c1. The van der Waals surface area contributed by atoms with Gasteiger partial charge in [-0.3, -0.25) is 9.59 Å². The molecular formula is C13H16N2O5S. The number of carbonyl (C=O) groups excluding carboxylic acids is 2. The van der Waals surface area contributed by atoms with Crippen molar-refractivity contribution < 1.29 is 22.7 Å². The number of rotatable bonds is 5. The van der Waals surface area contributed by atoms with Crippen LogP contribution >= 0.6 is 0 Å². The topological polar surface area (TPSA) is 92.8 Å². The molecule has 0 spiro atoms. The van der Waals surface area contributed by atoms with E-state index >= 15 is 0 Å². The summed E-state index contributed by atoms with van der Waals surface area (Å²) in [6, 6.07) is 5.98. The molecule has 2 rings (SSSR count).